The van der Waals surface area contributed by atoms with Gasteiger partial charge in [-0.1, -0.05) is 13.3 Å². The van der Waals surface area contributed by atoms with Gasteiger partial charge < -0.3 is 5.32 Å². The van der Waals surface area contributed by atoms with Crippen molar-refractivity contribution in [1.29, 1.82) is 0 Å². The molecule has 1 saturated heterocycles. The van der Waals surface area contributed by atoms with Crippen LogP contribution in [0.1, 0.15) is 26.2 Å². The lowest BCUT2D eigenvalue weighted by atomic mass is 10.1. The largest absolute Gasteiger partial charge is 0.315 e. The molecular weight excluding hydrogens is 192 g/mol. The molecule has 0 spiro atoms. The lowest BCUT2D eigenvalue weighted by Crippen LogP contribution is -2.43. The second-order valence-electron chi connectivity index (χ2n) is 4.51. The molecule has 1 N–H and O–H groups in total. The third kappa shape index (κ3) is 1.78. The normalized spacial score (nSPS) is 30.7. The Morgan fingerprint density at radius 1 is 1.40 bits per heavy atom. The van der Waals surface area contributed by atoms with Gasteiger partial charge in [-0.25, -0.2) is 0 Å². The Kier molecular flexibility index (Phi) is 2.78. The van der Waals surface area contributed by atoms with Crippen LogP contribution >= 0.6 is 0 Å². The number of imide groups is 1. The smallest absolute Gasteiger partial charge is 0.233 e. The minimum absolute atomic E-state index is 0.0385. The molecule has 84 valence electrons. The molecule has 3 unspecified atom stereocenters. The zero-order valence-electron chi connectivity index (χ0n) is 9.32. The maximum atomic E-state index is 11.7. The van der Waals surface area contributed by atoms with Crippen molar-refractivity contribution in [3.05, 3.63) is 0 Å². The van der Waals surface area contributed by atoms with Crippen LogP contribution in [0.4, 0.5) is 0 Å². The first kappa shape index (κ1) is 10.6. The van der Waals surface area contributed by atoms with Crippen LogP contribution in [-0.2, 0) is 9.59 Å². The Morgan fingerprint density at radius 3 is 2.47 bits per heavy atom. The summed E-state index contributed by atoms with van der Waals surface area (Å²) in [6.07, 6.45) is 2.86. The van der Waals surface area contributed by atoms with Crippen LogP contribution in [0.5, 0.6) is 0 Å². The number of piperidine rings is 1. The van der Waals surface area contributed by atoms with Gasteiger partial charge in [0.2, 0.25) is 11.8 Å². The van der Waals surface area contributed by atoms with Crippen LogP contribution in [-0.4, -0.2) is 36.3 Å². The molecule has 2 fully saturated rings. The molecule has 1 saturated carbocycles. The molecule has 0 aromatic rings. The van der Waals surface area contributed by atoms with E-state index in [1.807, 2.05) is 7.05 Å². The Labute approximate surface area is 90.0 Å². The maximum Gasteiger partial charge on any atom is 0.233 e. The summed E-state index contributed by atoms with van der Waals surface area (Å²) in [6, 6.07) is 0.250. The molecular formula is C11H18N2O2. The second kappa shape index (κ2) is 3.93. The van der Waals surface area contributed by atoms with E-state index in [9.17, 15) is 9.59 Å². The second-order valence-corrected chi connectivity index (χ2v) is 4.51. The zero-order valence-corrected chi connectivity index (χ0v) is 9.32. The van der Waals surface area contributed by atoms with Crippen molar-refractivity contribution in [2.75, 3.05) is 13.6 Å². The molecule has 0 bridgehead atoms. The number of carbonyl (C=O) groups excluding carboxylic acids is 2. The Bertz CT molecular complexity index is 270. The topological polar surface area (TPSA) is 49.4 Å². The number of carbonyl (C=O) groups is 2. The molecule has 3 atom stereocenters. The van der Waals surface area contributed by atoms with Crippen LogP contribution in [0, 0.1) is 11.8 Å². The summed E-state index contributed by atoms with van der Waals surface area (Å²) >= 11 is 0. The van der Waals surface area contributed by atoms with Crippen molar-refractivity contribution in [3.63, 3.8) is 0 Å². The van der Waals surface area contributed by atoms with E-state index in [1.54, 1.807) is 0 Å². The molecule has 15 heavy (non-hydrogen) atoms. The summed E-state index contributed by atoms with van der Waals surface area (Å²) in [5.74, 6) is 0.191. The SMILES string of the molecule is CCCC(CN1C(=O)C2CC2C1=O)NC. The number of hydrogen-bond donors (Lipinski definition) is 1. The summed E-state index contributed by atoms with van der Waals surface area (Å²) < 4.78 is 0. The Balaban J connectivity index is 1.93. The minimum Gasteiger partial charge on any atom is -0.315 e. The maximum absolute atomic E-state index is 11.7. The molecule has 4 heteroatoms. The van der Waals surface area contributed by atoms with Gasteiger partial charge in [0.1, 0.15) is 0 Å². The molecule has 4 nitrogen and oxygen atoms in total. The number of rotatable bonds is 5. The Morgan fingerprint density at radius 2 is 2.00 bits per heavy atom. The molecule has 2 amide bonds. The average Bonchev–Trinajstić information content (AvgIpc) is 2.97. The van der Waals surface area contributed by atoms with Crippen LogP contribution in [0.25, 0.3) is 0 Å². The highest BCUT2D eigenvalue weighted by atomic mass is 16.2. The van der Waals surface area contributed by atoms with Gasteiger partial charge >= 0.3 is 0 Å². The number of nitrogens with zero attached hydrogens (tertiary/aromatic N) is 1. The summed E-state index contributed by atoms with van der Waals surface area (Å²) in [4.78, 5) is 24.8. The molecule has 1 aliphatic carbocycles. The average molecular weight is 210 g/mol. The van der Waals surface area contributed by atoms with E-state index in [0.29, 0.717) is 6.54 Å². The van der Waals surface area contributed by atoms with E-state index in [2.05, 4.69) is 12.2 Å². The van der Waals surface area contributed by atoms with Crippen molar-refractivity contribution in [3.8, 4) is 0 Å². The molecule has 0 aromatic heterocycles. The van der Waals surface area contributed by atoms with Crippen molar-refractivity contribution in [2.45, 2.75) is 32.2 Å². The predicted octanol–water partition coefficient (Wildman–Crippen LogP) is 0.379. The van der Waals surface area contributed by atoms with Gasteiger partial charge in [-0.15, -0.1) is 0 Å². The highest BCUT2D eigenvalue weighted by molar-refractivity contribution is 6.08. The van der Waals surface area contributed by atoms with E-state index < -0.39 is 0 Å². The number of likely N-dealkylation sites (N-methyl/N-ethyl adjacent to an activating group) is 1. The quantitative estimate of drug-likeness (QED) is 0.667. The first-order valence-electron chi connectivity index (χ1n) is 5.71. The van der Waals surface area contributed by atoms with Crippen molar-refractivity contribution in [1.82, 2.24) is 10.2 Å². The summed E-state index contributed by atoms with van der Waals surface area (Å²) in [6.45, 7) is 2.66. The number of fused-ring (bicyclic) bond motifs is 1. The highest BCUT2D eigenvalue weighted by Gasteiger charge is 2.58. The van der Waals surface area contributed by atoms with Gasteiger partial charge in [0.15, 0.2) is 0 Å². The van der Waals surface area contributed by atoms with Gasteiger partial charge in [-0.05, 0) is 19.9 Å². The number of likely N-dealkylation sites (tertiary alicyclic amines) is 1. The monoisotopic (exact) mass is 210 g/mol. The molecule has 2 rings (SSSR count). The third-order valence-electron chi connectivity index (χ3n) is 3.41. The van der Waals surface area contributed by atoms with E-state index in [0.717, 1.165) is 19.3 Å². The summed E-state index contributed by atoms with van der Waals surface area (Å²) in [7, 11) is 1.88. The first-order chi connectivity index (χ1) is 7.19. The molecule has 1 aliphatic heterocycles. The van der Waals surface area contributed by atoms with Gasteiger partial charge in [0.25, 0.3) is 0 Å². The van der Waals surface area contributed by atoms with E-state index >= 15 is 0 Å². The van der Waals surface area contributed by atoms with Crippen molar-refractivity contribution < 1.29 is 9.59 Å². The van der Waals surface area contributed by atoms with Crippen LogP contribution in [0.3, 0.4) is 0 Å². The summed E-state index contributed by atoms with van der Waals surface area (Å²) in [5, 5.41) is 3.15. The van der Waals surface area contributed by atoms with Gasteiger partial charge in [-0.3, -0.25) is 14.5 Å². The van der Waals surface area contributed by atoms with Crippen LogP contribution in [0.2, 0.25) is 0 Å². The zero-order chi connectivity index (χ0) is 11.0. The molecule has 0 aromatic carbocycles. The lowest BCUT2D eigenvalue weighted by Gasteiger charge is -2.23. The number of hydrogen-bond acceptors (Lipinski definition) is 3. The van der Waals surface area contributed by atoms with Crippen molar-refractivity contribution >= 4 is 11.8 Å². The van der Waals surface area contributed by atoms with E-state index in [-0.39, 0.29) is 29.7 Å². The fourth-order valence-electron chi connectivity index (χ4n) is 2.33. The number of nitrogens with one attached hydrogen (secondary N) is 1. The highest BCUT2D eigenvalue weighted by Crippen LogP contribution is 2.46. The lowest BCUT2D eigenvalue weighted by molar-refractivity contribution is -0.141. The fraction of sp³-hybridized carbons (Fsp3) is 0.818. The first-order valence-corrected chi connectivity index (χ1v) is 5.71. The summed E-state index contributed by atoms with van der Waals surface area (Å²) in [5.41, 5.74) is 0. The fourth-order valence-corrected chi connectivity index (χ4v) is 2.33. The standard InChI is InChI=1S/C11H18N2O2/c1-3-4-7(12-2)6-13-10(14)8-5-9(8)11(13)15/h7-9,12H,3-6H2,1-2H3. The Hall–Kier alpha value is -0.900. The number of amides is 2. The van der Waals surface area contributed by atoms with E-state index in [4.69, 9.17) is 0 Å². The van der Waals surface area contributed by atoms with Gasteiger partial charge in [-0.2, -0.15) is 0 Å². The van der Waals surface area contributed by atoms with Gasteiger partial charge in [0.05, 0.1) is 11.8 Å². The minimum atomic E-state index is 0.0385. The molecule has 2 aliphatic rings. The predicted molar refractivity (Wildman–Crippen MR) is 56.1 cm³/mol. The molecule has 0 radical (unpaired) electrons. The van der Waals surface area contributed by atoms with Crippen LogP contribution < -0.4 is 5.32 Å². The van der Waals surface area contributed by atoms with Crippen molar-refractivity contribution in [2.24, 2.45) is 11.8 Å². The third-order valence-corrected chi connectivity index (χ3v) is 3.41. The molecule has 1 heterocycles. The van der Waals surface area contributed by atoms with E-state index in [1.165, 1.54) is 4.90 Å². The van der Waals surface area contributed by atoms with Crippen LogP contribution in [0.15, 0.2) is 0 Å². The van der Waals surface area contributed by atoms with Gasteiger partial charge in [0, 0.05) is 12.6 Å².